The summed E-state index contributed by atoms with van der Waals surface area (Å²) in [5.41, 5.74) is 5.55. The number of nitriles is 1. The number of nitrogens with zero attached hydrogens (tertiary/aromatic N) is 3. The van der Waals surface area contributed by atoms with Gasteiger partial charge in [0.1, 0.15) is 0 Å². The number of fused-ring (bicyclic) bond motifs is 1. The van der Waals surface area contributed by atoms with Crippen molar-refractivity contribution in [2.45, 2.75) is 32.4 Å². The van der Waals surface area contributed by atoms with Crippen molar-refractivity contribution in [3.63, 3.8) is 0 Å². The summed E-state index contributed by atoms with van der Waals surface area (Å²) in [6.45, 7) is 3.68. The third kappa shape index (κ3) is 3.23. The van der Waals surface area contributed by atoms with Crippen LogP contribution in [0.4, 0.5) is 11.4 Å². The van der Waals surface area contributed by atoms with Gasteiger partial charge in [0.25, 0.3) is 0 Å². The van der Waals surface area contributed by atoms with Gasteiger partial charge >= 0.3 is 0 Å². The second-order valence-corrected chi connectivity index (χ2v) is 7.10. The molecule has 0 unspecified atom stereocenters. The molecule has 28 heavy (non-hydrogen) atoms. The molecule has 2 heterocycles. The number of aromatic amines is 1. The highest BCUT2D eigenvalue weighted by molar-refractivity contribution is 5.94. The van der Waals surface area contributed by atoms with Crippen LogP contribution in [0.25, 0.3) is 11.3 Å². The standard InChI is InChI=1S/C22H21N5O/c1-14-11-21(25-18-6-3-16(13-23)4-7-18)19-12-17(20-9-10-24-26-20)5-8-22(19)27(14)15(2)28/h3-10,12,14,21,25H,11H2,1-2H3,(H,24,26)/t14-,21+/m0/s1. The van der Waals surface area contributed by atoms with Crippen LogP contribution in [0.3, 0.4) is 0 Å². The fourth-order valence-electron chi connectivity index (χ4n) is 3.91. The van der Waals surface area contributed by atoms with Crippen LogP contribution in [-0.4, -0.2) is 22.1 Å². The maximum absolute atomic E-state index is 12.3. The molecule has 2 aromatic carbocycles. The van der Waals surface area contributed by atoms with E-state index in [1.54, 1.807) is 25.3 Å². The van der Waals surface area contributed by atoms with E-state index >= 15 is 0 Å². The quantitative estimate of drug-likeness (QED) is 0.721. The van der Waals surface area contributed by atoms with Crippen LogP contribution in [0, 0.1) is 11.3 Å². The Morgan fingerprint density at radius 2 is 2.04 bits per heavy atom. The van der Waals surface area contributed by atoms with Gasteiger partial charge in [0.05, 0.1) is 23.4 Å². The zero-order valence-electron chi connectivity index (χ0n) is 15.8. The molecule has 2 N–H and O–H groups in total. The van der Waals surface area contributed by atoms with E-state index < -0.39 is 0 Å². The Labute approximate surface area is 163 Å². The van der Waals surface area contributed by atoms with Crippen molar-refractivity contribution in [3.8, 4) is 17.3 Å². The van der Waals surface area contributed by atoms with Crippen molar-refractivity contribution >= 4 is 17.3 Å². The molecule has 0 saturated carbocycles. The molecular weight excluding hydrogens is 350 g/mol. The molecule has 2 atom stereocenters. The van der Waals surface area contributed by atoms with Gasteiger partial charge in [-0.15, -0.1) is 0 Å². The normalized spacial score (nSPS) is 18.2. The molecule has 3 aromatic rings. The first-order valence-corrected chi connectivity index (χ1v) is 9.27. The smallest absolute Gasteiger partial charge is 0.224 e. The third-order valence-corrected chi connectivity index (χ3v) is 5.19. The summed E-state index contributed by atoms with van der Waals surface area (Å²) in [6, 6.07) is 17.8. The molecule has 6 nitrogen and oxygen atoms in total. The molecule has 0 radical (unpaired) electrons. The predicted molar refractivity (Wildman–Crippen MR) is 109 cm³/mol. The Balaban J connectivity index is 1.75. The molecule has 1 aliphatic heterocycles. The molecule has 140 valence electrons. The molecule has 0 spiro atoms. The third-order valence-electron chi connectivity index (χ3n) is 5.19. The molecule has 4 rings (SSSR count). The minimum Gasteiger partial charge on any atom is -0.378 e. The van der Waals surface area contributed by atoms with E-state index in [1.165, 1.54) is 0 Å². The van der Waals surface area contributed by atoms with Crippen LogP contribution in [0.15, 0.2) is 54.7 Å². The predicted octanol–water partition coefficient (Wildman–Crippen LogP) is 4.25. The minimum atomic E-state index is 0.0415. The van der Waals surface area contributed by atoms with Crippen LogP contribution in [0.1, 0.15) is 37.4 Å². The van der Waals surface area contributed by atoms with E-state index in [4.69, 9.17) is 5.26 Å². The fraction of sp³-hybridized carbons (Fsp3) is 0.227. The van der Waals surface area contributed by atoms with Crippen molar-refractivity contribution in [3.05, 3.63) is 65.9 Å². The van der Waals surface area contributed by atoms with Crippen LogP contribution < -0.4 is 10.2 Å². The van der Waals surface area contributed by atoms with Crippen molar-refractivity contribution in [1.29, 1.82) is 5.26 Å². The van der Waals surface area contributed by atoms with E-state index in [-0.39, 0.29) is 18.0 Å². The van der Waals surface area contributed by atoms with Gasteiger partial charge in [-0.3, -0.25) is 9.89 Å². The average Bonchev–Trinajstić information content (AvgIpc) is 3.23. The number of nitrogens with one attached hydrogen (secondary N) is 2. The van der Waals surface area contributed by atoms with E-state index in [2.05, 4.69) is 34.6 Å². The van der Waals surface area contributed by atoms with Gasteiger partial charge in [-0.1, -0.05) is 6.07 Å². The highest BCUT2D eigenvalue weighted by Crippen LogP contribution is 2.40. The zero-order valence-corrected chi connectivity index (χ0v) is 15.8. The Morgan fingerprint density at radius 1 is 1.25 bits per heavy atom. The minimum absolute atomic E-state index is 0.0415. The first-order chi connectivity index (χ1) is 13.6. The van der Waals surface area contributed by atoms with Gasteiger partial charge in [-0.05, 0) is 61.4 Å². The Hall–Kier alpha value is -3.59. The lowest BCUT2D eigenvalue weighted by molar-refractivity contribution is -0.117. The maximum atomic E-state index is 12.3. The number of aromatic nitrogens is 2. The Bertz CT molecular complexity index is 1030. The molecule has 1 aromatic heterocycles. The lowest BCUT2D eigenvalue weighted by Crippen LogP contribution is -2.43. The molecule has 6 heteroatoms. The van der Waals surface area contributed by atoms with Crippen LogP contribution in [0.5, 0.6) is 0 Å². The van der Waals surface area contributed by atoms with Gasteiger partial charge < -0.3 is 10.2 Å². The van der Waals surface area contributed by atoms with Gasteiger partial charge in [0.15, 0.2) is 0 Å². The molecule has 0 fully saturated rings. The largest absolute Gasteiger partial charge is 0.378 e. The maximum Gasteiger partial charge on any atom is 0.224 e. The Kier molecular flexibility index (Phi) is 4.58. The number of H-pyrrole nitrogens is 1. The van der Waals surface area contributed by atoms with E-state index in [0.29, 0.717) is 5.56 Å². The number of hydrogen-bond donors (Lipinski definition) is 2. The first kappa shape index (κ1) is 17.8. The summed E-state index contributed by atoms with van der Waals surface area (Å²) >= 11 is 0. The number of carbonyl (C=O) groups excluding carboxylic acids is 1. The number of anilines is 2. The summed E-state index contributed by atoms with van der Waals surface area (Å²) in [4.78, 5) is 14.1. The number of benzene rings is 2. The second-order valence-electron chi connectivity index (χ2n) is 7.10. The van der Waals surface area contributed by atoms with Gasteiger partial charge in [-0.2, -0.15) is 10.4 Å². The fourth-order valence-corrected chi connectivity index (χ4v) is 3.91. The SMILES string of the molecule is CC(=O)N1c2ccc(-c3ccn[nH]3)cc2[C@H](Nc2ccc(C#N)cc2)C[C@@H]1C. The Morgan fingerprint density at radius 3 is 2.68 bits per heavy atom. The van der Waals surface area contributed by atoms with Crippen LogP contribution in [0.2, 0.25) is 0 Å². The van der Waals surface area contributed by atoms with E-state index in [0.717, 1.165) is 34.6 Å². The molecule has 0 bridgehead atoms. The monoisotopic (exact) mass is 371 g/mol. The summed E-state index contributed by atoms with van der Waals surface area (Å²) in [5, 5.41) is 19.6. The molecular formula is C22H21N5O. The lowest BCUT2D eigenvalue weighted by atomic mass is 9.89. The average molecular weight is 371 g/mol. The highest BCUT2D eigenvalue weighted by atomic mass is 16.2. The second kappa shape index (κ2) is 7.20. The van der Waals surface area contributed by atoms with Crippen molar-refractivity contribution < 1.29 is 4.79 Å². The van der Waals surface area contributed by atoms with Crippen molar-refractivity contribution in [2.75, 3.05) is 10.2 Å². The molecule has 0 saturated heterocycles. The number of hydrogen-bond acceptors (Lipinski definition) is 4. The molecule has 0 aliphatic carbocycles. The van der Waals surface area contributed by atoms with Crippen molar-refractivity contribution in [2.24, 2.45) is 0 Å². The lowest BCUT2D eigenvalue weighted by Gasteiger charge is -2.39. The summed E-state index contributed by atoms with van der Waals surface area (Å²) in [7, 11) is 0. The number of carbonyl (C=O) groups is 1. The molecule has 1 amide bonds. The first-order valence-electron chi connectivity index (χ1n) is 9.27. The summed E-state index contributed by atoms with van der Waals surface area (Å²) < 4.78 is 0. The van der Waals surface area contributed by atoms with Gasteiger partial charge in [-0.25, -0.2) is 0 Å². The molecule has 1 aliphatic rings. The summed E-state index contributed by atoms with van der Waals surface area (Å²) in [6.07, 6.45) is 2.52. The van der Waals surface area contributed by atoms with Crippen molar-refractivity contribution in [1.82, 2.24) is 10.2 Å². The van der Waals surface area contributed by atoms with Gasteiger partial charge in [0.2, 0.25) is 5.91 Å². The zero-order chi connectivity index (χ0) is 19.7. The van der Waals surface area contributed by atoms with Crippen LogP contribution >= 0.6 is 0 Å². The topological polar surface area (TPSA) is 84.8 Å². The highest BCUT2D eigenvalue weighted by Gasteiger charge is 2.32. The van der Waals surface area contributed by atoms with Crippen LogP contribution in [-0.2, 0) is 4.79 Å². The number of amides is 1. The number of rotatable bonds is 3. The van der Waals surface area contributed by atoms with Gasteiger partial charge in [0, 0.05) is 36.1 Å². The van der Waals surface area contributed by atoms with E-state index in [1.807, 2.05) is 35.2 Å². The van der Waals surface area contributed by atoms with E-state index in [9.17, 15) is 4.79 Å². The summed E-state index contributed by atoms with van der Waals surface area (Å²) in [5.74, 6) is 0.0415.